The molecule has 18 heavy (non-hydrogen) atoms. The Balaban J connectivity index is 0. The molecule has 0 aromatic heterocycles. The molecule has 0 atom stereocenters. The zero-order valence-electron chi connectivity index (χ0n) is 12.1. The first kappa shape index (κ1) is 17.2. The van der Waals surface area contributed by atoms with Gasteiger partial charge >= 0.3 is 41.5 Å². The maximum Gasteiger partial charge on any atom is 1.00 e. The zero-order valence-corrected chi connectivity index (χ0v) is 13.1. The van der Waals surface area contributed by atoms with E-state index in [0.717, 1.165) is 5.56 Å². The molecule has 2 N–H and O–H groups in total. The van der Waals surface area contributed by atoms with Crippen LogP contribution in [0.15, 0.2) is 24.3 Å². The van der Waals surface area contributed by atoms with Gasteiger partial charge in [-0.25, -0.2) is 0 Å². The van der Waals surface area contributed by atoms with Crippen molar-refractivity contribution in [3.63, 3.8) is 0 Å². The maximum absolute atomic E-state index is 10.8. The number of carboxylic acid groups (broad SMARTS) is 2. The van der Waals surface area contributed by atoms with Crippen LogP contribution < -0.4 is 29.6 Å². The minimum atomic E-state index is -1.50. The summed E-state index contributed by atoms with van der Waals surface area (Å²) in [5.41, 5.74) is 1.29. The Bertz CT molecular complexity index is 423. The van der Waals surface area contributed by atoms with Crippen LogP contribution in [0.4, 0.5) is 0 Å². The van der Waals surface area contributed by atoms with Crippen molar-refractivity contribution in [1.29, 1.82) is 0 Å². The van der Waals surface area contributed by atoms with Gasteiger partial charge in [-0.3, -0.25) is 9.59 Å². The first-order chi connectivity index (χ1) is 7.73. The molecule has 5 heteroatoms. The molecule has 0 radical (unpaired) electrons. The second-order valence-corrected chi connectivity index (χ2v) is 4.98. The molecule has 0 saturated heterocycles. The van der Waals surface area contributed by atoms with Crippen molar-refractivity contribution >= 4 is 11.9 Å². The molecule has 1 rings (SSSR count). The van der Waals surface area contributed by atoms with E-state index in [1.165, 1.54) is 0 Å². The van der Waals surface area contributed by atoms with E-state index < -0.39 is 17.9 Å². The summed E-state index contributed by atoms with van der Waals surface area (Å²) in [6.07, 6.45) is 0. The van der Waals surface area contributed by atoms with Gasteiger partial charge in [0.2, 0.25) is 0 Å². The third kappa shape index (κ3) is 4.12. The van der Waals surface area contributed by atoms with E-state index >= 15 is 0 Å². The first-order valence-electron chi connectivity index (χ1n) is 5.29. The van der Waals surface area contributed by atoms with Crippen LogP contribution in [0.5, 0.6) is 0 Å². The molecule has 1 aromatic carbocycles. The number of carbonyl (C=O) groups is 2. The maximum atomic E-state index is 10.8. The second-order valence-electron chi connectivity index (χ2n) is 4.98. The summed E-state index contributed by atoms with van der Waals surface area (Å²) in [7, 11) is 0. The minimum absolute atomic E-state index is 0. The summed E-state index contributed by atoms with van der Waals surface area (Å²) in [6, 6.07) is 6.67. The van der Waals surface area contributed by atoms with Crippen molar-refractivity contribution < 1.29 is 50.8 Å². The van der Waals surface area contributed by atoms with Gasteiger partial charge in [0.25, 0.3) is 0 Å². The van der Waals surface area contributed by atoms with Gasteiger partial charge in [0.15, 0.2) is 5.92 Å². The third-order valence-corrected chi connectivity index (χ3v) is 2.60. The Morgan fingerprint density at radius 2 is 1.44 bits per heavy atom. The molecule has 0 amide bonds. The summed E-state index contributed by atoms with van der Waals surface area (Å²) in [5, 5.41) is 17.7. The Hall–Kier alpha value is -0.840. The molecule has 4 nitrogen and oxygen atoms in total. The molecular formula is C13H17NaO4. The van der Waals surface area contributed by atoms with Crippen molar-refractivity contribution in [3.05, 3.63) is 35.4 Å². The van der Waals surface area contributed by atoms with Gasteiger partial charge < -0.3 is 11.6 Å². The van der Waals surface area contributed by atoms with Crippen molar-refractivity contribution in [2.45, 2.75) is 32.1 Å². The van der Waals surface area contributed by atoms with Gasteiger partial charge in [0.05, 0.1) is 0 Å². The smallest absolute Gasteiger partial charge is 1.00 e. The Kier molecular flexibility index (Phi) is 6.07. The van der Waals surface area contributed by atoms with Crippen molar-refractivity contribution in [1.82, 2.24) is 0 Å². The van der Waals surface area contributed by atoms with Crippen LogP contribution in [-0.2, 0) is 15.0 Å². The van der Waals surface area contributed by atoms with Gasteiger partial charge in [0.1, 0.15) is 0 Å². The molecule has 1 aromatic rings. The van der Waals surface area contributed by atoms with E-state index in [-0.39, 0.29) is 42.0 Å². The molecule has 0 fully saturated rings. The quantitative estimate of drug-likeness (QED) is 0.559. The van der Waals surface area contributed by atoms with Crippen LogP contribution in [0.25, 0.3) is 0 Å². The van der Waals surface area contributed by atoms with Crippen molar-refractivity contribution in [2.75, 3.05) is 0 Å². The van der Waals surface area contributed by atoms with Crippen LogP contribution in [0, 0.1) is 0 Å². The Morgan fingerprint density at radius 3 is 1.72 bits per heavy atom. The summed E-state index contributed by atoms with van der Waals surface area (Å²) in [5.74, 6) is -4.19. The minimum Gasteiger partial charge on any atom is -1.00 e. The molecule has 94 valence electrons. The van der Waals surface area contributed by atoms with Gasteiger partial charge in [-0.15, -0.1) is 0 Å². The van der Waals surface area contributed by atoms with E-state index in [1.54, 1.807) is 24.3 Å². The predicted octanol–water partition coefficient (Wildman–Crippen LogP) is -0.647. The summed E-state index contributed by atoms with van der Waals surface area (Å²) < 4.78 is 0. The number of benzene rings is 1. The molecule has 0 unspecified atom stereocenters. The zero-order chi connectivity index (χ0) is 13.2. The topological polar surface area (TPSA) is 74.6 Å². The second kappa shape index (κ2) is 6.36. The molecule has 0 aliphatic carbocycles. The van der Waals surface area contributed by atoms with Crippen molar-refractivity contribution in [2.24, 2.45) is 0 Å². The fourth-order valence-electron chi connectivity index (χ4n) is 1.57. The van der Waals surface area contributed by atoms with Crippen LogP contribution in [0.2, 0.25) is 0 Å². The molecule has 0 bridgehead atoms. The molecule has 0 saturated carbocycles. The molecule has 0 heterocycles. The number of hydrogen-bond donors (Lipinski definition) is 2. The Morgan fingerprint density at radius 1 is 1.06 bits per heavy atom. The Labute approximate surface area is 130 Å². The summed E-state index contributed by atoms with van der Waals surface area (Å²) >= 11 is 0. The van der Waals surface area contributed by atoms with E-state index in [2.05, 4.69) is 0 Å². The first-order valence-corrected chi connectivity index (χ1v) is 5.29. The van der Waals surface area contributed by atoms with E-state index in [4.69, 9.17) is 10.2 Å². The van der Waals surface area contributed by atoms with Crippen molar-refractivity contribution in [3.8, 4) is 0 Å². The van der Waals surface area contributed by atoms with Crippen LogP contribution in [0.3, 0.4) is 0 Å². The number of rotatable bonds is 3. The molecule has 0 aliphatic rings. The van der Waals surface area contributed by atoms with E-state index in [1.807, 2.05) is 20.8 Å². The molecular weight excluding hydrogens is 243 g/mol. The van der Waals surface area contributed by atoms with Crippen LogP contribution in [-0.4, -0.2) is 22.2 Å². The number of carboxylic acids is 2. The van der Waals surface area contributed by atoms with Gasteiger partial charge in [-0.1, -0.05) is 45.0 Å². The number of hydrogen-bond acceptors (Lipinski definition) is 2. The van der Waals surface area contributed by atoms with Gasteiger partial charge in [-0.2, -0.15) is 0 Å². The fraction of sp³-hybridized carbons (Fsp3) is 0.385. The normalized spacial score (nSPS) is 10.9. The summed E-state index contributed by atoms with van der Waals surface area (Å²) in [4.78, 5) is 21.7. The monoisotopic (exact) mass is 260 g/mol. The van der Waals surface area contributed by atoms with Gasteiger partial charge in [-0.05, 0) is 16.5 Å². The van der Waals surface area contributed by atoms with Gasteiger partial charge in [0, 0.05) is 0 Å². The molecule has 0 spiro atoms. The van der Waals surface area contributed by atoms with Crippen LogP contribution >= 0.6 is 0 Å². The van der Waals surface area contributed by atoms with E-state index in [9.17, 15) is 9.59 Å². The summed E-state index contributed by atoms with van der Waals surface area (Å²) in [6.45, 7) is 6.11. The van der Waals surface area contributed by atoms with E-state index in [0.29, 0.717) is 0 Å². The fourth-order valence-corrected chi connectivity index (χ4v) is 1.57. The van der Waals surface area contributed by atoms with Crippen LogP contribution in [0.1, 0.15) is 39.2 Å². The standard InChI is InChI=1S/C13H16O4.Na.H/c1-13(2,3)9-6-4-8(5-7-9)10(11(14)15)12(16)17;;/h4-7,10H,1-3H3,(H,14,15)(H,16,17);;/q;+1;-1. The average molecular weight is 260 g/mol. The predicted molar refractivity (Wildman–Crippen MR) is 64.3 cm³/mol. The largest absolute Gasteiger partial charge is 1.00 e. The average Bonchev–Trinajstić information content (AvgIpc) is 2.15. The molecule has 0 aliphatic heterocycles. The number of aliphatic carboxylic acids is 2. The SMILES string of the molecule is CC(C)(C)c1ccc(C(C(=O)O)C(=O)O)cc1.[H-].[Na+]. The third-order valence-electron chi connectivity index (χ3n) is 2.60.